The minimum absolute atomic E-state index is 0.0968. The summed E-state index contributed by atoms with van der Waals surface area (Å²) >= 11 is 12.9. The molecule has 1 heterocycles. The lowest BCUT2D eigenvalue weighted by Crippen LogP contribution is -2.22. The van der Waals surface area contributed by atoms with Crippen molar-refractivity contribution in [2.45, 2.75) is 0 Å². The fraction of sp³-hybridized carbons (Fsp3) is 0.0909. The zero-order valence-corrected chi connectivity index (χ0v) is 13.9. The van der Waals surface area contributed by atoms with E-state index in [-0.39, 0.29) is 11.7 Å². The second-order valence-electron chi connectivity index (χ2n) is 3.57. The van der Waals surface area contributed by atoms with Gasteiger partial charge in [-0.3, -0.25) is 9.69 Å². The molecule has 3 nitrogen and oxygen atoms in total. The summed E-state index contributed by atoms with van der Waals surface area (Å²) in [5, 5.41) is 9.92. The maximum atomic E-state index is 11.8. The molecule has 1 aliphatic rings. The first kappa shape index (κ1) is 14.0. The monoisotopic (exact) mass is 407 g/mol. The third kappa shape index (κ3) is 2.64. The molecule has 0 bridgehead atoms. The highest BCUT2D eigenvalue weighted by atomic mass is 79.9. The number of hydrogen-bond acceptors (Lipinski definition) is 4. The highest BCUT2D eigenvalue weighted by Crippen LogP contribution is 2.37. The van der Waals surface area contributed by atoms with Crippen LogP contribution in [-0.2, 0) is 4.79 Å². The number of aromatic hydroxyl groups is 1. The van der Waals surface area contributed by atoms with Crippen molar-refractivity contribution in [1.82, 2.24) is 4.90 Å². The summed E-state index contributed by atoms with van der Waals surface area (Å²) in [7, 11) is 1.63. The largest absolute Gasteiger partial charge is 0.506 e. The Morgan fingerprint density at radius 2 is 2.11 bits per heavy atom. The lowest BCUT2D eigenvalue weighted by atomic mass is 10.2. The first-order valence-electron chi connectivity index (χ1n) is 4.79. The van der Waals surface area contributed by atoms with Gasteiger partial charge < -0.3 is 5.11 Å². The Bertz CT molecular complexity index is 587. The van der Waals surface area contributed by atoms with Crippen LogP contribution in [0.25, 0.3) is 6.08 Å². The van der Waals surface area contributed by atoms with Crippen molar-refractivity contribution in [3.05, 3.63) is 31.5 Å². The number of thiocarbonyl (C=S) groups is 1. The van der Waals surface area contributed by atoms with E-state index in [1.807, 2.05) is 0 Å². The topological polar surface area (TPSA) is 40.5 Å². The molecule has 0 radical (unpaired) electrons. The summed E-state index contributed by atoms with van der Waals surface area (Å²) in [4.78, 5) is 13.8. The van der Waals surface area contributed by atoms with Crippen molar-refractivity contribution in [2.75, 3.05) is 7.05 Å². The predicted molar refractivity (Wildman–Crippen MR) is 84.4 cm³/mol. The molecule has 0 spiro atoms. The van der Waals surface area contributed by atoms with E-state index in [0.717, 1.165) is 4.47 Å². The van der Waals surface area contributed by atoms with E-state index in [0.29, 0.717) is 19.3 Å². The van der Waals surface area contributed by atoms with Crippen LogP contribution in [0.1, 0.15) is 5.56 Å². The minimum Gasteiger partial charge on any atom is -0.506 e. The molecular weight excluding hydrogens is 402 g/mol. The molecule has 1 N–H and O–H groups in total. The number of rotatable bonds is 1. The molecule has 0 unspecified atom stereocenters. The zero-order valence-electron chi connectivity index (χ0n) is 9.11. The zero-order chi connectivity index (χ0) is 13.4. The maximum absolute atomic E-state index is 11.8. The van der Waals surface area contributed by atoms with Gasteiger partial charge in [-0.1, -0.05) is 39.9 Å². The van der Waals surface area contributed by atoms with Crippen molar-refractivity contribution in [3.8, 4) is 5.75 Å². The van der Waals surface area contributed by atoms with Gasteiger partial charge in [-0.2, -0.15) is 0 Å². The van der Waals surface area contributed by atoms with Crippen LogP contribution in [-0.4, -0.2) is 27.3 Å². The molecule has 2 rings (SSSR count). The first-order valence-corrected chi connectivity index (χ1v) is 7.61. The fourth-order valence-corrected chi connectivity index (χ4v) is 3.81. The minimum atomic E-state index is -0.152. The smallest absolute Gasteiger partial charge is 0.265 e. The summed E-state index contributed by atoms with van der Waals surface area (Å²) in [6.45, 7) is 0. The number of phenolic OH excluding ortho intramolecular Hbond substituents is 1. The highest BCUT2D eigenvalue weighted by Gasteiger charge is 2.29. The van der Waals surface area contributed by atoms with Crippen molar-refractivity contribution in [2.24, 2.45) is 0 Å². The van der Waals surface area contributed by atoms with Crippen LogP contribution in [0.5, 0.6) is 5.75 Å². The number of carbonyl (C=O) groups excluding carboxylic acids is 1. The number of phenols is 1. The number of nitrogens with zero attached hydrogens (tertiary/aromatic N) is 1. The van der Waals surface area contributed by atoms with Gasteiger partial charge in [0.2, 0.25) is 0 Å². The van der Waals surface area contributed by atoms with Gasteiger partial charge in [0, 0.05) is 17.1 Å². The second-order valence-corrected chi connectivity index (χ2v) is 7.01. The van der Waals surface area contributed by atoms with Crippen LogP contribution in [0.2, 0.25) is 0 Å². The van der Waals surface area contributed by atoms with Gasteiger partial charge in [0.1, 0.15) is 10.1 Å². The predicted octanol–water partition coefficient (Wildman–Crippen LogP) is 3.75. The Morgan fingerprint density at radius 3 is 2.67 bits per heavy atom. The molecule has 1 aliphatic heterocycles. The summed E-state index contributed by atoms with van der Waals surface area (Å²) < 4.78 is 1.89. The van der Waals surface area contributed by atoms with Gasteiger partial charge in [-0.15, -0.1) is 0 Å². The Morgan fingerprint density at radius 1 is 1.44 bits per heavy atom. The van der Waals surface area contributed by atoms with Crippen LogP contribution >= 0.6 is 55.8 Å². The molecule has 1 amide bonds. The number of amides is 1. The van der Waals surface area contributed by atoms with Crippen LogP contribution in [0.3, 0.4) is 0 Å². The summed E-state index contributed by atoms with van der Waals surface area (Å²) in [6.07, 6.45) is 1.63. The maximum Gasteiger partial charge on any atom is 0.265 e. The standard InChI is InChI=1S/C11H7Br2NO2S2/c1-14-10(16)8(18-11(14)17)3-5-2-6(12)4-7(13)9(5)15/h2-4,15H,1H3/b8-3-. The third-order valence-corrected chi connectivity index (χ3v) is 4.88. The molecule has 0 atom stereocenters. The van der Waals surface area contributed by atoms with Gasteiger partial charge >= 0.3 is 0 Å². The highest BCUT2D eigenvalue weighted by molar-refractivity contribution is 9.11. The van der Waals surface area contributed by atoms with Crippen LogP contribution in [0.15, 0.2) is 26.0 Å². The molecule has 0 saturated carbocycles. The number of halogens is 2. The Kier molecular flexibility index (Phi) is 4.15. The van der Waals surface area contributed by atoms with E-state index < -0.39 is 0 Å². The molecule has 1 saturated heterocycles. The summed E-state index contributed by atoms with van der Waals surface area (Å²) in [5.74, 6) is -0.0555. The molecule has 1 aromatic rings. The normalized spacial score (nSPS) is 17.9. The van der Waals surface area contributed by atoms with Gasteiger partial charge in [0.25, 0.3) is 5.91 Å². The Balaban J connectivity index is 2.46. The number of likely N-dealkylation sites (N-methyl/N-ethyl adjacent to an activating group) is 1. The van der Waals surface area contributed by atoms with Crippen molar-refractivity contribution >= 4 is 72.1 Å². The molecular formula is C11H7Br2NO2S2. The van der Waals surface area contributed by atoms with Crippen LogP contribution in [0, 0.1) is 0 Å². The summed E-state index contributed by atoms with van der Waals surface area (Å²) in [6, 6.07) is 3.47. The lowest BCUT2D eigenvalue weighted by molar-refractivity contribution is -0.121. The van der Waals surface area contributed by atoms with Crippen LogP contribution < -0.4 is 0 Å². The van der Waals surface area contributed by atoms with Crippen LogP contribution in [0.4, 0.5) is 0 Å². The molecule has 18 heavy (non-hydrogen) atoms. The third-order valence-electron chi connectivity index (χ3n) is 2.33. The van der Waals surface area contributed by atoms with Crippen molar-refractivity contribution < 1.29 is 9.90 Å². The number of benzene rings is 1. The summed E-state index contributed by atoms with van der Waals surface area (Å²) in [5.41, 5.74) is 0.560. The second kappa shape index (κ2) is 5.32. The van der Waals surface area contributed by atoms with E-state index in [1.165, 1.54) is 16.7 Å². The molecule has 0 aromatic heterocycles. The Labute approximate surface area is 130 Å². The van der Waals surface area contributed by atoms with E-state index in [9.17, 15) is 9.90 Å². The quantitative estimate of drug-likeness (QED) is 0.567. The number of hydrogen-bond donors (Lipinski definition) is 1. The van der Waals surface area contributed by atoms with E-state index in [2.05, 4.69) is 31.9 Å². The van der Waals surface area contributed by atoms with E-state index >= 15 is 0 Å². The fourth-order valence-electron chi connectivity index (χ4n) is 1.38. The molecule has 7 heteroatoms. The lowest BCUT2D eigenvalue weighted by Gasteiger charge is -2.05. The van der Waals surface area contributed by atoms with E-state index in [1.54, 1.807) is 25.3 Å². The van der Waals surface area contributed by atoms with Crippen molar-refractivity contribution in [1.29, 1.82) is 0 Å². The van der Waals surface area contributed by atoms with E-state index in [4.69, 9.17) is 12.2 Å². The molecule has 1 aromatic carbocycles. The van der Waals surface area contributed by atoms with Crippen molar-refractivity contribution in [3.63, 3.8) is 0 Å². The molecule has 1 fully saturated rings. The van der Waals surface area contributed by atoms with Gasteiger partial charge in [-0.05, 0) is 34.1 Å². The first-order chi connectivity index (χ1) is 8.40. The number of carbonyl (C=O) groups is 1. The number of thioether (sulfide) groups is 1. The SMILES string of the molecule is CN1C(=O)/C(=C/c2cc(Br)cc(Br)c2O)SC1=S. The molecule has 94 valence electrons. The van der Waals surface area contributed by atoms with Gasteiger partial charge in [-0.25, -0.2) is 0 Å². The average Bonchev–Trinajstić information content (AvgIpc) is 2.53. The van der Waals surface area contributed by atoms with Gasteiger partial charge in [0.15, 0.2) is 0 Å². The Hall–Kier alpha value is -0.370. The molecule has 0 aliphatic carbocycles. The van der Waals surface area contributed by atoms with Gasteiger partial charge in [0.05, 0.1) is 9.38 Å². The average molecular weight is 409 g/mol.